The van der Waals surface area contributed by atoms with E-state index >= 15 is 0 Å². The predicted molar refractivity (Wildman–Crippen MR) is 61.4 cm³/mol. The molecule has 1 aliphatic heterocycles. The molecule has 1 aromatic carbocycles. The quantitative estimate of drug-likeness (QED) is 0.759. The minimum Gasteiger partial charge on any atom is -0.348 e. The molecule has 0 saturated heterocycles. The van der Waals surface area contributed by atoms with Crippen LogP contribution in [0.5, 0.6) is 0 Å². The van der Waals surface area contributed by atoms with Crippen LogP contribution in [0.1, 0.15) is 35.3 Å². The molecule has 0 aromatic heterocycles. The third-order valence-corrected chi connectivity index (χ3v) is 2.72. The third kappa shape index (κ3) is 1.98. The largest absolute Gasteiger partial charge is 0.348 e. The summed E-state index contributed by atoms with van der Waals surface area (Å²) in [5.41, 5.74) is 2.99. The van der Waals surface area contributed by atoms with E-state index < -0.39 is 0 Å². The van der Waals surface area contributed by atoms with Crippen molar-refractivity contribution in [3.63, 3.8) is 0 Å². The van der Waals surface area contributed by atoms with Crippen molar-refractivity contribution in [2.24, 2.45) is 0 Å². The maximum absolute atomic E-state index is 11.2. The van der Waals surface area contributed by atoms with Crippen LogP contribution in [-0.4, -0.2) is 5.91 Å². The van der Waals surface area contributed by atoms with Crippen LogP contribution in [0.4, 0.5) is 0 Å². The second-order valence-electron chi connectivity index (χ2n) is 2.96. The lowest BCUT2D eigenvalue weighted by molar-refractivity contribution is 0.0965. The zero-order valence-corrected chi connectivity index (χ0v) is 10.2. The SMILES string of the molecule is CC.Cc1cc(Br)c2c(c1)C(=O)NC2. The minimum atomic E-state index is 0.0365. The number of halogens is 1. The molecule has 2 rings (SSSR count). The molecule has 0 spiro atoms. The van der Waals surface area contributed by atoms with E-state index in [1.54, 1.807) is 0 Å². The Morgan fingerprint density at radius 2 is 2.00 bits per heavy atom. The van der Waals surface area contributed by atoms with Crippen molar-refractivity contribution in [2.75, 3.05) is 0 Å². The molecule has 1 aromatic rings. The first-order valence-corrected chi connectivity index (χ1v) is 5.55. The van der Waals surface area contributed by atoms with E-state index in [4.69, 9.17) is 0 Å². The van der Waals surface area contributed by atoms with Gasteiger partial charge >= 0.3 is 0 Å². The summed E-state index contributed by atoms with van der Waals surface area (Å²) in [6.07, 6.45) is 0. The molecule has 76 valence electrons. The van der Waals surface area contributed by atoms with Crippen molar-refractivity contribution in [1.29, 1.82) is 0 Å². The first-order valence-electron chi connectivity index (χ1n) is 4.75. The van der Waals surface area contributed by atoms with Crippen molar-refractivity contribution in [2.45, 2.75) is 27.3 Å². The maximum atomic E-state index is 11.2. The van der Waals surface area contributed by atoms with Crippen molar-refractivity contribution in [3.05, 3.63) is 33.3 Å². The van der Waals surface area contributed by atoms with E-state index in [-0.39, 0.29) is 5.91 Å². The average molecular weight is 256 g/mol. The summed E-state index contributed by atoms with van der Waals surface area (Å²) in [5.74, 6) is 0.0365. The van der Waals surface area contributed by atoms with Gasteiger partial charge in [-0.2, -0.15) is 0 Å². The molecule has 1 amide bonds. The highest BCUT2D eigenvalue weighted by Gasteiger charge is 2.20. The number of rotatable bonds is 0. The Balaban J connectivity index is 0.000000461. The summed E-state index contributed by atoms with van der Waals surface area (Å²) >= 11 is 3.43. The number of carbonyl (C=O) groups is 1. The molecule has 0 aliphatic carbocycles. The highest BCUT2D eigenvalue weighted by molar-refractivity contribution is 9.10. The highest BCUT2D eigenvalue weighted by Crippen LogP contribution is 2.26. The number of hydrogen-bond donors (Lipinski definition) is 1. The van der Waals surface area contributed by atoms with Crippen molar-refractivity contribution in [1.82, 2.24) is 5.32 Å². The Bertz CT molecular complexity index is 361. The van der Waals surface area contributed by atoms with Gasteiger partial charge in [0.1, 0.15) is 0 Å². The highest BCUT2D eigenvalue weighted by atomic mass is 79.9. The summed E-state index contributed by atoms with van der Waals surface area (Å²) in [6, 6.07) is 3.95. The Labute approximate surface area is 92.8 Å². The summed E-state index contributed by atoms with van der Waals surface area (Å²) < 4.78 is 1.02. The number of nitrogens with one attached hydrogen (secondary N) is 1. The van der Waals surface area contributed by atoms with Gasteiger partial charge in [0.25, 0.3) is 5.91 Å². The second kappa shape index (κ2) is 4.60. The average Bonchev–Trinajstić information content (AvgIpc) is 2.52. The molecule has 0 unspecified atom stereocenters. The smallest absolute Gasteiger partial charge is 0.251 e. The normalized spacial score (nSPS) is 12.7. The first-order chi connectivity index (χ1) is 6.68. The van der Waals surface area contributed by atoms with Crippen LogP contribution in [0.15, 0.2) is 16.6 Å². The number of carbonyl (C=O) groups excluding carboxylic acids is 1. The molecule has 0 fully saturated rings. The molecular weight excluding hydrogens is 242 g/mol. The lowest BCUT2D eigenvalue weighted by atomic mass is 10.1. The van der Waals surface area contributed by atoms with E-state index in [0.29, 0.717) is 6.54 Å². The first kappa shape index (κ1) is 11.2. The Morgan fingerprint density at radius 3 is 2.64 bits per heavy atom. The molecule has 0 saturated carbocycles. The molecule has 0 radical (unpaired) electrons. The van der Waals surface area contributed by atoms with Gasteiger partial charge in [-0.1, -0.05) is 29.8 Å². The Hall–Kier alpha value is -0.830. The van der Waals surface area contributed by atoms with Crippen LogP contribution in [-0.2, 0) is 6.54 Å². The molecule has 1 heterocycles. The van der Waals surface area contributed by atoms with E-state index in [1.807, 2.05) is 32.9 Å². The third-order valence-electron chi connectivity index (χ3n) is 2.01. The van der Waals surface area contributed by atoms with E-state index in [2.05, 4.69) is 21.2 Å². The van der Waals surface area contributed by atoms with Crippen LogP contribution in [0.25, 0.3) is 0 Å². The van der Waals surface area contributed by atoms with Gasteiger partial charge in [-0.3, -0.25) is 4.79 Å². The van der Waals surface area contributed by atoms with E-state index in [0.717, 1.165) is 21.2 Å². The zero-order valence-electron chi connectivity index (χ0n) is 8.65. The number of fused-ring (bicyclic) bond motifs is 1. The van der Waals surface area contributed by atoms with Gasteiger partial charge in [-0.05, 0) is 30.2 Å². The van der Waals surface area contributed by atoms with Crippen LogP contribution < -0.4 is 5.32 Å². The van der Waals surface area contributed by atoms with Gasteiger partial charge in [-0.25, -0.2) is 0 Å². The van der Waals surface area contributed by atoms with Crippen LogP contribution in [0, 0.1) is 6.92 Å². The van der Waals surface area contributed by atoms with Gasteiger partial charge < -0.3 is 5.32 Å². The fraction of sp³-hybridized carbons (Fsp3) is 0.364. The van der Waals surface area contributed by atoms with Crippen LogP contribution in [0.3, 0.4) is 0 Å². The number of benzene rings is 1. The summed E-state index contributed by atoms with van der Waals surface area (Å²) in [6.45, 7) is 6.63. The van der Waals surface area contributed by atoms with Crippen molar-refractivity contribution < 1.29 is 4.79 Å². The fourth-order valence-electron chi connectivity index (χ4n) is 1.42. The zero-order chi connectivity index (χ0) is 10.7. The van der Waals surface area contributed by atoms with Gasteiger partial charge in [-0.15, -0.1) is 0 Å². The molecule has 0 bridgehead atoms. The van der Waals surface area contributed by atoms with Gasteiger partial charge in [0.2, 0.25) is 0 Å². The lowest BCUT2D eigenvalue weighted by Gasteiger charge is -2.00. The number of amides is 1. The molecule has 14 heavy (non-hydrogen) atoms. The summed E-state index contributed by atoms with van der Waals surface area (Å²) in [5, 5.41) is 2.78. The van der Waals surface area contributed by atoms with Gasteiger partial charge in [0.15, 0.2) is 0 Å². The summed E-state index contributed by atoms with van der Waals surface area (Å²) in [7, 11) is 0. The standard InChI is InChI=1S/C9H8BrNO.C2H6/c1-5-2-6-7(8(10)3-5)4-11-9(6)12;1-2/h2-3H,4H2,1H3,(H,11,12);1-2H3. The Morgan fingerprint density at radius 1 is 1.36 bits per heavy atom. The van der Waals surface area contributed by atoms with E-state index in [1.165, 1.54) is 0 Å². The van der Waals surface area contributed by atoms with Crippen LogP contribution >= 0.6 is 15.9 Å². The minimum absolute atomic E-state index is 0.0365. The second-order valence-corrected chi connectivity index (χ2v) is 3.81. The topological polar surface area (TPSA) is 29.1 Å². The monoisotopic (exact) mass is 255 g/mol. The molecule has 1 N–H and O–H groups in total. The van der Waals surface area contributed by atoms with Crippen molar-refractivity contribution >= 4 is 21.8 Å². The Kier molecular flexibility index (Phi) is 3.69. The van der Waals surface area contributed by atoms with E-state index in [9.17, 15) is 4.79 Å². The molecule has 1 aliphatic rings. The maximum Gasteiger partial charge on any atom is 0.251 e. The predicted octanol–water partition coefficient (Wildman–Crippen LogP) is 3.03. The van der Waals surface area contributed by atoms with Crippen LogP contribution in [0.2, 0.25) is 0 Å². The fourth-order valence-corrected chi connectivity index (χ4v) is 2.13. The number of hydrogen-bond acceptors (Lipinski definition) is 1. The lowest BCUT2D eigenvalue weighted by Crippen LogP contribution is -2.12. The molecule has 0 atom stereocenters. The van der Waals surface area contributed by atoms with Gasteiger partial charge in [0.05, 0.1) is 0 Å². The summed E-state index contributed by atoms with van der Waals surface area (Å²) in [4.78, 5) is 11.2. The number of aryl methyl sites for hydroxylation is 1. The molecular formula is C11H14BrNO. The molecule has 3 heteroatoms. The molecule has 2 nitrogen and oxygen atoms in total. The van der Waals surface area contributed by atoms with Crippen molar-refractivity contribution in [3.8, 4) is 0 Å². The van der Waals surface area contributed by atoms with Gasteiger partial charge in [0, 0.05) is 16.6 Å².